The summed E-state index contributed by atoms with van der Waals surface area (Å²) in [5.41, 5.74) is 3.00. The Kier molecular flexibility index (Phi) is 6.37. The fraction of sp³-hybridized carbons (Fsp3) is 0.522. The van der Waals surface area contributed by atoms with Gasteiger partial charge in [-0.1, -0.05) is 24.6 Å². The summed E-state index contributed by atoms with van der Waals surface area (Å²) in [6.45, 7) is 3.63. The second kappa shape index (κ2) is 9.16. The number of nitrogens with zero attached hydrogens (tertiary/aromatic N) is 2. The molecule has 1 N–H and O–H groups in total. The van der Waals surface area contributed by atoms with Crippen LogP contribution >= 0.6 is 11.3 Å². The maximum atomic E-state index is 13.3. The number of fused-ring (bicyclic) bond motifs is 1. The molecule has 1 saturated heterocycles. The smallest absolute Gasteiger partial charge is 0.273 e. The molecule has 1 spiro atoms. The van der Waals surface area contributed by atoms with E-state index >= 15 is 0 Å². The van der Waals surface area contributed by atoms with Gasteiger partial charge in [-0.15, -0.1) is 11.3 Å². The van der Waals surface area contributed by atoms with Crippen molar-refractivity contribution >= 4 is 23.2 Å². The lowest BCUT2D eigenvalue weighted by molar-refractivity contribution is -0.135. The molecular formula is C23H29N3O3S. The number of benzene rings is 1. The van der Waals surface area contributed by atoms with Crippen LogP contribution < -0.4 is 10.1 Å². The molecule has 2 aliphatic rings. The third kappa shape index (κ3) is 4.51. The van der Waals surface area contributed by atoms with E-state index in [9.17, 15) is 9.59 Å². The largest absolute Gasteiger partial charge is 0.491 e. The van der Waals surface area contributed by atoms with Crippen LogP contribution in [-0.2, 0) is 11.2 Å². The van der Waals surface area contributed by atoms with Crippen LogP contribution in [0.3, 0.4) is 0 Å². The lowest BCUT2D eigenvalue weighted by atomic mass is 9.73. The molecule has 4 rings (SSSR count). The SMILES string of the molecule is C[C@@H]1COc2ccccc2CCCCC2(CCN(C(=O)c3cscn3)CC2)C(=O)N1. The number of nitrogens with one attached hydrogen (secondary N) is 1. The van der Waals surface area contributed by atoms with Crippen molar-refractivity contribution < 1.29 is 14.3 Å². The number of hydrogen-bond donors (Lipinski definition) is 1. The van der Waals surface area contributed by atoms with E-state index in [0.717, 1.165) is 31.4 Å². The summed E-state index contributed by atoms with van der Waals surface area (Å²) in [4.78, 5) is 31.9. The molecule has 160 valence electrons. The third-order valence-corrected chi connectivity index (χ3v) is 6.92. The summed E-state index contributed by atoms with van der Waals surface area (Å²) >= 11 is 1.43. The van der Waals surface area contributed by atoms with Crippen LogP contribution in [0.2, 0.25) is 0 Å². The first-order chi connectivity index (χ1) is 14.6. The highest BCUT2D eigenvalue weighted by Gasteiger charge is 2.42. The standard InChI is InChI=1S/C23H29N3O3S/c1-17-14-29-20-8-3-2-6-18(20)7-4-5-9-23(22(28)25-17)10-12-26(13-11-23)21(27)19-15-30-16-24-19/h2-3,6,8,15-17H,4-5,7,9-14H2,1H3,(H,25,28)/t17-/m1/s1. The van der Waals surface area contributed by atoms with E-state index in [1.807, 2.05) is 24.0 Å². The Morgan fingerprint density at radius 2 is 2.03 bits per heavy atom. The normalized spacial score (nSPS) is 22.2. The number of carbonyl (C=O) groups is 2. The zero-order valence-electron chi connectivity index (χ0n) is 17.4. The first kappa shape index (κ1) is 20.8. The highest BCUT2D eigenvalue weighted by Crippen LogP contribution is 2.38. The highest BCUT2D eigenvalue weighted by molar-refractivity contribution is 7.07. The number of rotatable bonds is 1. The average Bonchev–Trinajstić information content (AvgIpc) is 3.30. The summed E-state index contributed by atoms with van der Waals surface area (Å²) in [5, 5.41) is 4.97. The number of hydrogen-bond acceptors (Lipinski definition) is 5. The summed E-state index contributed by atoms with van der Waals surface area (Å²) in [7, 11) is 0. The molecule has 3 heterocycles. The monoisotopic (exact) mass is 427 g/mol. The highest BCUT2D eigenvalue weighted by atomic mass is 32.1. The number of aryl methyl sites for hydroxylation is 1. The number of likely N-dealkylation sites (tertiary alicyclic amines) is 1. The predicted molar refractivity (Wildman–Crippen MR) is 117 cm³/mol. The minimum atomic E-state index is -0.411. The van der Waals surface area contributed by atoms with Crippen LogP contribution in [-0.4, -0.2) is 47.4 Å². The molecule has 6 nitrogen and oxygen atoms in total. The van der Waals surface area contributed by atoms with Gasteiger partial charge < -0.3 is 15.0 Å². The number of carbonyl (C=O) groups excluding carboxylic acids is 2. The quantitative estimate of drug-likeness (QED) is 0.754. The zero-order valence-corrected chi connectivity index (χ0v) is 18.2. The van der Waals surface area contributed by atoms with Crippen molar-refractivity contribution in [2.45, 2.75) is 51.5 Å². The lowest BCUT2D eigenvalue weighted by Gasteiger charge is -2.41. The van der Waals surface area contributed by atoms with Crippen LogP contribution in [0.25, 0.3) is 0 Å². The van der Waals surface area contributed by atoms with Gasteiger partial charge in [0.15, 0.2) is 0 Å². The fourth-order valence-electron chi connectivity index (χ4n) is 4.47. The topological polar surface area (TPSA) is 71.5 Å². The van der Waals surface area contributed by atoms with Crippen molar-refractivity contribution in [3.8, 4) is 5.75 Å². The van der Waals surface area contributed by atoms with Crippen molar-refractivity contribution in [1.29, 1.82) is 0 Å². The van der Waals surface area contributed by atoms with Crippen molar-refractivity contribution in [2.75, 3.05) is 19.7 Å². The molecule has 0 saturated carbocycles. The van der Waals surface area contributed by atoms with Crippen molar-refractivity contribution in [3.05, 3.63) is 46.4 Å². The van der Waals surface area contributed by atoms with Gasteiger partial charge in [-0.3, -0.25) is 9.59 Å². The molecule has 0 aliphatic carbocycles. The maximum Gasteiger partial charge on any atom is 0.273 e. The van der Waals surface area contributed by atoms with Gasteiger partial charge in [0.1, 0.15) is 18.1 Å². The first-order valence-electron chi connectivity index (χ1n) is 10.8. The molecule has 1 aromatic carbocycles. The lowest BCUT2D eigenvalue weighted by Crippen LogP contribution is -2.52. The first-order valence-corrected chi connectivity index (χ1v) is 11.7. The Balaban J connectivity index is 1.45. The fourth-order valence-corrected chi connectivity index (χ4v) is 5.00. The Labute approximate surface area is 181 Å². The molecule has 0 radical (unpaired) electrons. The molecule has 0 bridgehead atoms. The van der Waals surface area contributed by atoms with E-state index in [0.29, 0.717) is 38.2 Å². The van der Waals surface area contributed by atoms with Crippen LogP contribution in [0, 0.1) is 5.41 Å². The van der Waals surface area contributed by atoms with Gasteiger partial charge in [-0.25, -0.2) is 4.98 Å². The Hall–Kier alpha value is -2.41. The Morgan fingerprint density at radius 3 is 2.80 bits per heavy atom. The molecule has 2 aliphatic heterocycles. The van der Waals surface area contributed by atoms with Crippen LogP contribution in [0.15, 0.2) is 35.2 Å². The van der Waals surface area contributed by atoms with Gasteiger partial charge in [-0.05, 0) is 50.7 Å². The number of thiazole rings is 1. The van der Waals surface area contributed by atoms with E-state index in [1.54, 1.807) is 10.9 Å². The van der Waals surface area contributed by atoms with Gasteiger partial charge in [-0.2, -0.15) is 0 Å². The summed E-state index contributed by atoms with van der Waals surface area (Å²) in [6, 6.07) is 8.10. The van der Waals surface area contributed by atoms with E-state index < -0.39 is 5.41 Å². The maximum absolute atomic E-state index is 13.3. The van der Waals surface area contributed by atoms with Crippen LogP contribution in [0.4, 0.5) is 0 Å². The van der Waals surface area contributed by atoms with E-state index in [-0.39, 0.29) is 17.9 Å². The molecule has 30 heavy (non-hydrogen) atoms. The molecule has 2 aromatic rings. The molecule has 1 fully saturated rings. The molecular weight excluding hydrogens is 398 g/mol. The number of piperidine rings is 1. The van der Waals surface area contributed by atoms with Gasteiger partial charge in [0.25, 0.3) is 5.91 Å². The molecule has 2 amide bonds. The van der Waals surface area contributed by atoms with Gasteiger partial charge in [0, 0.05) is 18.5 Å². The van der Waals surface area contributed by atoms with Crippen LogP contribution in [0.5, 0.6) is 5.75 Å². The number of ether oxygens (including phenoxy) is 1. The second-order valence-electron chi connectivity index (χ2n) is 8.45. The minimum absolute atomic E-state index is 0.0296. The van der Waals surface area contributed by atoms with Crippen LogP contribution in [0.1, 0.15) is 55.1 Å². The van der Waals surface area contributed by atoms with E-state index in [4.69, 9.17) is 4.74 Å². The minimum Gasteiger partial charge on any atom is -0.491 e. The third-order valence-electron chi connectivity index (χ3n) is 6.33. The van der Waals surface area contributed by atoms with Crippen molar-refractivity contribution in [2.24, 2.45) is 5.41 Å². The summed E-state index contributed by atoms with van der Waals surface area (Å²) < 4.78 is 6.01. The second-order valence-corrected chi connectivity index (χ2v) is 9.17. The van der Waals surface area contributed by atoms with Gasteiger partial charge in [0.05, 0.1) is 17.0 Å². The molecule has 1 atom stereocenters. The average molecular weight is 428 g/mol. The number of para-hydroxylation sites is 1. The number of aromatic nitrogens is 1. The summed E-state index contributed by atoms with van der Waals surface area (Å²) in [6.07, 6.45) is 5.20. The van der Waals surface area contributed by atoms with Gasteiger partial charge in [0.2, 0.25) is 5.91 Å². The molecule has 1 aromatic heterocycles. The number of amides is 2. The Bertz CT molecular complexity index is 876. The van der Waals surface area contributed by atoms with Gasteiger partial charge >= 0.3 is 0 Å². The Morgan fingerprint density at radius 1 is 1.23 bits per heavy atom. The van der Waals surface area contributed by atoms with Crippen molar-refractivity contribution in [1.82, 2.24) is 15.2 Å². The summed E-state index contributed by atoms with van der Waals surface area (Å²) in [5.74, 6) is 0.994. The predicted octanol–water partition coefficient (Wildman–Crippen LogP) is 3.68. The molecule has 7 heteroatoms. The van der Waals surface area contributed by atoms with E-state index in [1.165, 1.54) is 16.9 Å². The van der Waals surface area contributed by atoms with Crippen molar-refractivity contribution in [3.63, 3.8) is 0 Å². The van der Waals surface area contributed by atoms with E-state index in [2.05, 4.69) is 22.4 Å². The zero-order chi connectivity index (χ0) is 21.0. The molecule has 0 unspecified atom stereocenters.